The Bertz CT molecular complexity index is 110. The minimum absolute atomic E-state index is 0.347. The fraction of sp³-hybridized carbons (Fsp3) is 0.857. The number of carbonyl (C=O) groups is 1. The van der Waals surface area contributed by atoms with Crippen LogP contribution in [-0.2, 0) is 4.79 Å². The van der Waals surface area contributed by atoms with Gasteiger partial charge in [-0.1, -0.05) is 6.92 Å². The van der Waals surface area contributed by atoms with Gasteiger partial charge in [-0.25, -0.2) is 0 Å². The second-order valence-electron chi connectivity index (χ2n) is 2.48. The molecule has 1 unspecified atom stereocenters. The maximum Gasteiger partial charge on any atom is 0.227 e. The van der Waals surface area contributed by atoms with Gasteiger partial charge in [0.2, 0.25) is 5.91 Å². The molecule has 0 saturated carbocycles. The molecule has 0 aliphatic carbocycles. The lowest BCUT2D eigenvalue weighted by atomic mass is 9.96. The molecule has 0 aromatic carbocycles. The van der Waals surface area contributed by atoms with Gasteiger partial charge >= 0.3 is 0 Å². The maximum absolute atomic E-state index is 10.9. The number of β-lactam (4-membered cyclic amide) rings is 1. The summed E-state index contributed by atoms with van der Waals surface area (Å²) in [7, 11) is 0. The minimum Gasteiger partial charge on any atom is -0.342 e. The first-order valence-electron chi connectivity index (χ1n) is 3.58. The van der Waals surface area contributed by atoms with E-state index in [-0.39, 0.29) is 0 Å². The molecule has 1 aliphatic heterocycles. The van der Waals surface area contributed by atoms with E-state index in [9.17, 15) is 4.79 Å². The van der Waals surface area contributed by atoms with E-state index in [4.69, 9.17) is 0 Å². The van der Waals surface area contributed by atoms with E-state index >= 15 is 0 Å². The number of carbonyl (C=O) groups excluding carboxylic acids is 1. The van der Waals surface area contributed by atoms with Crippen LogP contribution < -0.4 is 0 Å². The predicted octanol–water partition coefficient (Wildman–Crippen LogP) is 0.875. The molecule has 0 radical (unpaired) electrons. The van der Waals surface area contributed by atoms with Gasteiger partial charge in [-0.3, -0.25) is 4.79 Å². The Labute approximate surface area is 55.8 Å². The van der Waals surface area contributed by atoms with Crippen molar-refractivity contribution < 1.29 is 4.79 Å². The Morgan fingerprint density at radius 1 is 1.67 bits per heavy atom. The molecule has 1 fully saturated rings. The minimum atomic E-state index is 0.347. The highest BCUT2D eigenvalue weighted by atomic mass is 16.2. The van der Waals surface area contributed by atoms with Gasteiger partial charge in [-0.15, -0.1) is 0 Å². The van der Waals surface area contributed by atoms with E-state index in [2.05, 4.69) is 6.92 Å². The van der Waals surface area contributed by atoms with Gasteiger partial charge in [0.1, 0.15) is 0 Å². The number of amides is 1. The molecule has 1 rings (SSSR count). The quantitative estimate of drug-likeness (QED) is 0.504. The fourth-order valence-corrected chi connectivity index (χ4v) is 1.17. The first-order chi connectivity index (χ1) is 4.29. The van der Waals surface area contributed by atoms with Crippen molar-refractivity contribution in [2.24, 2.45) is 5.92 Å². The van der Waals surface area contributed by atoms with Crippen LogP contribution in [0.1, 0.15) is 20.3 Å². The lowest BCUT2D eigenvalue weighted by Gasteiger charge is -2.37. The largest absolute Gasteiger partial charge is 0.342 e. The van der Waals surface area contributed by atoms with Crippen LogP contribution in [0.15, 0.2) is 0 Å². The number of hydrogen-bond acceptors (Lipinski definition) is 1. The van der Waals surface area contributed by atoms with Crippen LogP contribution in [0.4, 0.5) is 0 Å². The van der Waals surface area contributed by atoms with Crippen molar-refractivity contribution in [1.29, 1.82) is 0 Å². The summed E-state index contributed by atoms with van der Waals surface area (Å²) in [5, 5.41) is 0. The molecule has 1 amide bonds. The standard InChI is InChI=1S/C7H13NO/c1-3-6-5-8(4-2)7(6)9/h6H,3-5H2,1-2H3. The normalized spacial score (nSPS) is 26.2. The first-order valence-corrected chi connectivity index (χ1v) is 3.58. The summed E-state index contributed by atoms with van der Waals surface area (Å²) in [6.45, 7) is 5.96. The Morgan fingerprint density at radius 2 is 2.33 bits per heavy atom. The monoisotopic (exact) mass is 127 g/mol. The highest BCUT2D eigenvalue weighted by Gasteiger charge is 2.33. The lowest BCUT2D eigenvalue weighted by Crippen LogP contribution is -2.51. The average molecular weight is 127 g/mol. The lowest BCUT2D eigenvalue weighted by molar-refractivity contribution is -0.147. The third-order valence-electron chi connectivity index (χ3n) is 1.98. The summed E-state index contributed by atoms with van der Waals surface area (Å²) < 4.78 is 0. The summed E-state index contributed by atoms with van der Waals surface area (Å²) in [6, 6.07) is 0. The summed E-state index contributed by atoms with van der Waals surface area (Å²) >= 11 is 0. The molecule has 0 aromatic rings. The Hall–Kier alpha value is -0.530. The first kappa shape index (κ1) is 6.59. The number of hydrogen-bond donors (Lipinski definition) is 0. The Kier molecular flexibility index (Phi) is 1.74. The summed E-state index contributed by atoms with van der Waals surface area (Å²) in [5.74, 6) is 0.699. The zero-order chi connectivity index (χ0) is 6.85. The van der Waals surface area contributed by atoms with Gasteiger partial charge in [-0.05, 0) is 13.3 Å². The number of rotatable bonds is 2. The summed E-state index contributed by atoms with van der Waals surface area (Å²) in [4.78, 5) is 12.8. The molecular weight excluding hydrogens is 114 g/mol. The molecular formula is C7H13NO. The third kappa shape index (κ3) is 0.934. The molecule has 9 heavy (non-hydrogen) atoms. The highest BCUT2D eigenvalue weighted by molar-refractivity contribution is 5.84. The van der Waals surface area contributed by atoms with E-state index in [0.717, 1.165) is 19.5 Å². The molecule has 2 heteroatoms. The second-order valence-corrected chi connectivity index (χ2v) is 2.48. The molecule has 2 nitrogen and oxygen atoms in total. The number of nitrogens with zero attached hydrogens (tertiary/aromatic N) is 1. The molecule has 0 spiro atoms. The fourth-order valence-electron chi connectivity index (χ4n) is 1.17. The maximum atomic E-state index is 10.9. The van der Waals surface area contributed by atoms with Crippen LogP contribution in [-0.4, -0.2) is 23.9 Å². The van der Waals surface area contributed by atoms with E-state index in [1.165, 1.54) is 0 Å². The van der Waals surface area contributed by atoms with Crippen molar-refractivity contribution >= 4 is 5.91 Å². The van der Waals surface area contributed by atoms with E-state index in [1.54, 1.807) is 0 Å². The van der Waals surface area contributed by atoms with Crippen molar-refractivity contribution in [2.75, 3.05) is 13.1 Å². The molecule has 1 atom stereocenters. The second kappa shape index (κ2) is 2.38. The van der Waals surface area contributed by atoms with Gasteiger partial charge in [0.25, 0.3) is 0 Å². The average Bonchev–Trinajstić information content (AvgIpc) is 1.87. The zero-order valence-electron chi connectivity index (χ0n) is 6.05. The van der Waals surface area contributed by atoms with E-state index in [0.29, 0.717) is 11.8 Å². The summed E-state index contributed by atoms with van der Waals surface area (Å²) in [5.41, 5.74) is 0. The van der Waals surface area contributed by atoms with Crippen LogP contribution in [0.5, 0.6) is 0 Å². The van der Waals surface area contributed by atoms with Crippen LogP contribution >= 0.6 is 0 Å². The SMILES string of the molecule is CCC1CN(CC)C1=O. The van der Waals surface area contributed by atoms with Gasteiger partial charge in [0, 0.05) is 13.1 Å². The molecule has 0 N–H and O–H groups in total. The smallest absolute Gasteiger partial charge is 0.227 e. The zero-order valence-corrected chi connectivity index (χ0v) is 6.05. The van der Waals surface area contributed by atoms with Gasteiger partial charge in [-0.2, -0.15) is 0 Å². The molecule has 52 valence electrons. The van der Waals surface area contributed by atoms with Gasteiger partial charge < -0.3 is 4.90 Å². The van der Waals surface area contributed by atoms with Crippen molar-refractivity contribution in [1.82, 2.24) is 4.90 Å². The molecule has 0 bridgehead atoms. The van der Waals surface area contributed by atoms with Crippen LogP contribution in [0.2, 0.25) is 0 Å². The summed E-state index contributed by atoms with van der Waals surface area (Å²) in [6.07, 6.45) is 1.01. The van der Waals surface area contributed by atoms with Crippen molar-refractivity contribution in [3.05, 3.63) is 0 Å². The van der Waals surface area contributed by atoms with Crippen molar-refractivity contribution in [3.63, 3.8) is 0 Å². The molecule has 0 aromatic heterocycles. The number of likely N-dealkylation sites (tertiary alicyclic amines) is 1. The van der Waals surface area contributed by atoms with Crippen LogP contribution in [0.3, 0.4) is 0 Å². The van der Waals surface area contributed by atoms with E-state index < -0.39 is 0 Å². The Morgan fingerprint density at radius 3 is 2.67 bits per heavy atom. The Balaban J connectivity index is 2.33. The topological polar surface area (TPSA) is 20.3 Å². The van der Waals surface area contributed by atoms with Crippen LogP contribution in [0, 0.1) is 5.92 Å². The molecule has 1 heterocycles. The van der Waals surface area contributed by atoms with Crippen molar-refractivity contribution in [3.8, 4) is 0 Å². The van der Waals surface area contributed by atoms with E-state index in [1.807, 2.05) is 11.8 Å². The van der Waals surface area contributed by atoms with Gasteiger partial charge in [0.05, 0.1) is 5.92 Å². The van der Waals surface area contributed by atoms with Crippen LogP contribution in [0.25, 0.3) is 0 Å². The van der Waals surface area contributed by atoms with Crippen molar-refractivity contribution in [2.45, 2.75) is 20.3 Å². The third-order valence-corrected chi connectivity index (χ3v) is 1.98. The predicted molar refractivity (Wildman–Crippen MR) is 36.0 cm³/mol. The molecule has 1 saturated heterocycles. The highest BCUT2D eigenvalue weighted by Crippen LogP contribution is 2.19. The molecule has 1 aliphatic rings. The van der Waals surface area contributed by atoms with Gasteiger partial charge in [0.15, 0.2) is 0 Å².